The fourth-order valence-corrected chi connectivity index (χ4v) is 3.93. The minimum absolute atomic E-state index is 0.0263. The molecule has 29 heavy (non-hydrogen) atoms. The predicted molar refractivity (Wildman–Crippen MR) is 110 cm³/mol. The summed E-state index contributed by atoms with van der Waals surface area (Å²) in [7, 11) is 0. The molecule has 1 heterocycles. The first-order valence-corrected chi connectivity index (χ1v) is 9.74. The summed E-state index contributed by atoms with van der Waals surface area (Å²) in [5.74, 6) is -1.14. The minimum Gasteiger partial charge on any atom is -0.240 e. The van der Waals surface area contributed by atoms with E-state index in [0.29, 0.717) is 6.07 Å². The fourth-order valence-electron chi connectivity index (χ4n) is 2.53. The highest BCUT2D eigenvalue weighted by molar-refractivity contribution is 6.45. The van der Waals surface area contributed by atoms with E-state index in [0.717, 1.165) is 6.07 Å². The Hall–Kier alpha value is -0.950. The van der Waals surface area contributed by atoms with Gasteiger partial charge in [-0.3, -0.25) is 0 Å². The van der Waals surface area contributed by atoms with Crippen molar-refractivity contribution in [2.24, 2.45) is 0 Å². The zero-order valence-corrected chi connectivity index (χ0v) is 18.1. The lowest BCUT2D eigenvalue weighted by Crippen LogP contribution is -2.11. The molecule has 0 unspecified atom stereocenters. The first kappa shape index (κ1) is 22.7. The van der Waals surface area contributed by atoms with E-state index in [2.05, 4.69) is 4.98 Å². The van der Waals surface area contributed by atoms with E-state index >= 15 is 4.39 Å². The van der Waals surface area contributed by atoms with Crippen LogP contribution in [-0.2, 0) is 6.18 Å². The van der Waals surface area contributed by atoms with Crippen molar-refractivity contribution >= 4 is 69.6 Å². The van der Waals surface area contributed by atoms with Crippen molar-refractivity contribution < 1.29 is 17.6 Å². The largest absolute Gasteiger partial charge is 0.433 e. The first-order chi connectivity index (χ1) is 13.4. The van der Waals surface area contributed by atoms with E-state index in [1.165, 1.54) is 18.2 Å². The Kier molecular flexibility index (Phi) is 6.50. The van der Waals surface area contributed by atoms with Crippen molar-refractivity contribution in [3.63, 3.8) is 0 Å². The Labute approximate surface area is 192 Å². The van der Waals surface area contributed by atoms with Crippen molar-refractivity contribution in [1.82, 2.24) is 4.98 Å². The van der Waals surface area contributed by atoms with Crippen molar-refractivity contribution in [3.8, 4) is 22.4 Å². The van der Waals surface area contributed by atoms with Crippen LogP contribution in [0.15, 0.2) is 30.3 Å². The summed E-state index contributed by atoms with van der Waals surface area (Å²) in [5.41, 5.74) is -3.00. The maximum absolute atomic E-state index is 15.4. The summed E-state index contributed by atoms with van der Waals surface area (Å²) in [6.45, 7) is 0. The second-order valence-electron chi connectivity index (χ2n) is 5.71. The van der Waals surface area contributed by atoms with Gasteiger partial charge in [0.1, 0.15) is 11.4 Å². The first-order valence-electron chi connectivity index (χ1n) is 7.47. The van der Waals surface area contributed by atoms with Crippen molar-refractivity contribution in [1.29, 1.82) is 0 Å². The Morgan fingerprint density at radius 1 is 0.655 bits per heavy atom. The zero-order chi connectivity index (χ0) is 21.7. The van der Waals surface area contributed by atoms with E-state index < -0.39 is 28.9 Å². The van der Waals surface area contributed by atoms with Crippen LogP contribution in [0.4, 0.5) is 17.6 Å². The second kappa shape index (κ2) is 8.29. The van der Waals surface area contributed by atoms with Crippen LogP contribution in [0, 0.1) is 5.82 Å². The summed E-state index contributed by atoms with van der Waals surface area (Å²) in [6.07, 6.45) is -4.90. The highest BCUT2D eigenvalue weighted by Crippen LogP contribution is 2.44. The smallest absolute Gasteiger partial charge is 0.240 e. The van der Waals surface area contributed by atoms with Crippen molar-refractivity contribution in [2.75, 3.05) is 0 Å². The van der Waals surface area contributed by atoms with Gasteiger partial charge >= 0.3 is 6.18 Å². The SMILES string of the molecule is Fc1c(-c2cc(Cl)cc(Cl)c2Cl)cc(C(F)(F)F)nc1-c1cc(Cl)cc(Cl)c1Cl. The lowest BCUT2D eigenvalue weighted by Gasteiger charge is -2.16. The molecular weight excluding hydrogens is 519 g/mol. The monoisotopic (exact) mass is 521 g/mol. The molecule has 0 spiro atoms. The Balaban J connectivity index is 2.43. The van der Waals surface area contributed by atoms with Crippen LogP contribution in [0.3, 0.4) is 0 Å². The Morgan fingerprint density at radius 2 is 1.14 bits per heavy atom. The molecule has 152 valence electrons. The van der Waals surface area contributed by atoms with E-state index in [4.69, 9.17) is 69.6 Å². The highest BCUT2D eigenvalue weighted by Gasteiger charge is 2.35. The number of pyridine rings is 1. The van der Waals surface area contributed by atoms with Gasteiger partial charge in [0, 0.05) is 26.7 Å². The van der Waals surface area contributed by atoms with E-state index in [9.17, 15) is 13.2 Å². The number of hydrogen-bond donors (Lipinski definition) is 0. The van der Waals surface area contributed by atoms with E-state index in [1.807, 2.05) is 0 Å². The lowest BCUT2D eigenvalue weighted by atomic mass is 10.0. The van der Waals surface area contributed by atoms with Crippen LogP contribution in [0.1, 0.15) is 5.69 Å². The summed E-state index contributed by atoms with van der Waals surface area (Å²) < 4.78 is 55.8. The molecule has 0 aliphatic heterocycles. The number of alkyl halides is 3. The standard InChI is InChI=1S/C18H5Cl6F4N/c19-6-1-8(14(23)11(21)3-6)9-5-13(18(26,27)28)29-17(16(9)25)10-2-7(20)4-12(22)15(10)24/h1-5H. The molecule has 0 bridgehead atoms. The van der Waals surface area contributed by atoms with Crippen LogP contribution in [-0.4, -0.2) is 4.98 Å². The maximum atomic E-state index is 15.4. The van der Waals surface area contributed by atoms with E-state index in [-0.39, 0.29) is 41.3 Å². The van der Waals surface area contributed by atoms with Gasteiger partial charge in [0.2, 0.25) is 0 Å². The molecule has 0 fully saturated rings. The lowest BCUT2D eigenvalue weighted by molar-refractivity contribution is -0.141. The molecule has 0 aliphatic carbocycles. The van der Waals surface area contributed by atoms with Gasteiger partial charge in [-0.05, 0) is 30.3 Å². The molecule has 2 aromatic carbocycles. The van der Waals surface area contributed by atoms with Gasteiger partial charge in [-0.25, -0.2) is 9.37 Å². The number of hydrogen-bond acceptors (Lipinski definition) is 1. The van der Waals surface area contributed by atoms with Gasteiger partial charge in [-0.15, -0.1) is 0 Å². The molecule has 0 saturated heterocycles. The zero-order valence-electron chi connectivity index (χ0n) is 13.6. The number of nitrogens with zero attached hydrogens (tertiary/aromatic N) is 1. The molecule has 0 atom stereocenters. The molecule has 3 aromatic rings. The Bertz CT molecular complexity index is 1050. The highest BCUT2D eigenvalue weighted by atomic mass is 35.5. The molecule has 11 heteroatoms. The average Bonchev–Trinajstić information content (AvgIpc) is 2.60. The second-order valence-corrected chi connectivity index (χ2v) is 8.16. The normalized spacial score (nSPS) is 11.8. The summed E-state index contributed by atoms with van der Waals surface area (Å²) in [6, 6.07) is 5.37. The molecule has 0 amide bonds. The average molecular weight is 524 g/mol. The van der Waals surface area contributed by atoms with Crippen LogP contribution in [0.2, 0.25) is 30.1 Å². The van der Waals surface area contributed by atoms with Gasteiger partial charge < -0.3 is 0 Å². The number of aromatic nitrogens is 1. The van der Waals surface area contributed by atoms with Crippen LogP contribution < -0.4 is 0 Å². The molecule has 0 radical (unpaired) electrons. The number of rotatable bonds is 2. The topological polar surface area (TPSA) is 12.9 Å². The van der Waals surface area contributed by atoms with Gasteiger partial charge in [-0.2, -0.15) is 13.2 Å². The maximum Gasteiger partial charge on any atom is 0.433 e. The molecule has 1 nitrogen and oxygen atoms in total. The van der Waals surface area contributed by atoms with Gasteiger partial charge in [0.15, 0.2) is 5.82 Å². The third-order valence-electron chi connectivity index (χ3n) is 3.78. The van der Waals surface area contributed by atoms with Crippen LogP contribution in [0.5, 0.6) is 0 Å². The third-order valence-corrected chi connectivity index (χ3v) is 5.82. The summed E-state index contributed by atoms with van der Waals surface area (Å²) in [5, 5.41) is -0.483. The molecular formula is C18H5Cl6F4N. The summed E-state index contributed by atoms with van der Waals surface area (Å²) >= 11 is 35.9. The predicted octanol–water partition coefficient (Wildman–Crippen LogP) is 9.49. The summed E-state index contributed by atoms with van der Waals surface area (Å²) in [4.78, 5) is 3.41. The molecule has 3 rings (SSSR count). The third kappa shape index (κ3) is 4.55. The number of benzene rings is 2. The van der Waals surface area contributed by atoms with Crippen molar-refractivity contribution in [2.45, 2.75) is 6.18 Å². The van der Waals surface area contributed by atoms with E-state index in [1.54, 1.807) is 0 Å². The fraction of sp³-hybridized carbons (Fsp3) is 0.0556. The quantitative estimate of drug-likeness (QED) is 0.241. The van der Waals surface area contributed by atoms with Gasteiger partial charge in [0.25, 0.3) is 0 Å². The molecule has 1 aromatic heterocycles. The Morgan fingerprint density at radius 3 is 1.66 bits per heavy atom. The minimum atomic E-state index is -4.90. The molecule has 0 N–H and O–H groups in total. The van der Waals surface area contributed by atoms with Gasteiger partial charge in [0.05, 0.1) is 20.1 Å². The number of halogens is 10. The molecule has 0 saturated carbocycles. The van der Waals surface area contributed by atoms with Crippen molar-refractivity contribution in [3.05, 3.63) is 72.0 Å². The van der Waals surface area contributed by atoms with Gasteiger partial charge in [-0.1, -0.05) is 69.6 Å². The molecule has 0 aliphatic rings. The van der Waals surface area contributed by atoms with Crippen LogP contribution in [0.25, 0.3) is 22.4 Å². The van der Waals surface area contributed by atoms with Crippen LogP contribution >= 0.6 is 69.6 Å².